The van der Waals surface area contributed by atoms with Gasteiger partial charge in [0.15, 0.2) is 0 Å². The first kappa shape index (κ1) is 10.7. The summed E-state index contributed by atoms with van der Waals surface area (Å²) in [5, 5.41) is 3.94. The second kappa shape index (κ2) is 4.75. The van der Waals surface area contributed by atoms with Crippen LogP contribution in [0.5, 0.6) is 0 Å². The molecule has 0 aliphatic heterocycles. The molecular weight excluding hydrogens is 198 g/mol. The van der Waals surface area contributed by atoms with Gasteiger partial charge in [-0.2, -0.15) is 0 Å². The fourth-order valence-electron chi connectivity index (χ4n) is 0.878. The average molecular weight is 207 g/mol. The first-order chi connectivity index (χ1) is 7.09. The summed E-state index contributed by atoms with van der Waals surface area (Å²) in [4.78, 5) is 32.3. The zero-order chi connectivity index (χ0) is 11.3. The van der Waals surface area contributed by atoms with E-state index in [9.17, 15) is 14.4 Å². The van der Waals surface area contributed by atoms with Crippen molar-refractivity contribution in [2.75, 3.05) is 5.32 Å². The number of nitrogens with two attached hydrogens (primary N) is 1. The van der Waals surface area contributed by atoms with Crippen molar-refractivity contribution in [3.63, 3.8) is 0 Å². The van der Waals surface area contributed by atoms with Crippen molar-refractivity contribution in [1.29, 1.82) is 0 Å². The summed E-state index contributed by atoms with van der Waals surface area (Å²) in [6, 6.07) is 7.30. The Hall–Kier alpha value is -2.37. The molecule has 0 fully saturated rings. The molecule has 0 unspecified atom stereocenters. The van der Waals surface area contributed by atoms with Crippen LogP contribution >= 0.6 is 0 Å². The van der Waals surface area contributed by atoms with Crippen LogP contribution in [0.2, 0.25) is 0 Å². The lowest BCUT2D eigenvalue weighted by molar-refractivity contribution is -0.135. The summed E-state index contributed by atoms with van der Waals surface area (Å²) in [5.41, 5.74) is 5.13. The van der Waals surface area contributed by atoms with Gasteiger partial charge in [-0.3, -0.25) is 14.9 Å². The summed E-state index contributed by atoms with van der Waals surface area (Å²) in [7, 11) is 0. The van der Waals surface area contributed by atoms with Gasteiger partial charge in [-0.15, -0.1) is 0 Å². The summed E-state index contributed by atoms with van der Waals surface area (Å²) in [6.07, 6.45) is 0. The van der Waals surface area contributed by atoms with Crippen LogP contribution in [-0.2, 0) is 9.59 Å². The highest BCUT2D eigenvalue weighted by Crippen LogP contribution is 2.03. The van der Waals surface area contributed by atoms with Crippen LogP contribution < -0.4 is 16.4 Å². The standard InChI is InChI=1S/C9H9N3O3/c10-9(15)12-8(14)7(13)11-6-4-2-1-3-5-6/h1-5H,(H,11,13)(H3,10,12,14,15). The van der Waals surface area contributed by atoms with Crippen molar-refractivity contribution in [2.24, 2.45) is 5.73 Å². The minimum absolute atomic E-state index is 0.460. The van der Waals surface area contributed by atoms with Gasteiger partial charge < -0.3 is 11.1 Å². The molecule has 0 radical (unpaired) electrons. The number of hydrogen-bond acceptors (Lipinski definition) is 3. The molecule has 78 valence electrons. The molecule has 1 rings (SSSR count). The maximum atomic E-state index is 11.1. The molecule has 0 aliphatic carbocycles. The van der Waals surface area contributed by atoms with Gasteiger partial charge in [-0.25, -0.2) is 4.79 Å². The molecule has 4 amide bonds. The summed E-state index contributed by atoms with van der Waals surface area (Å²) < 4.78 is 0. The number of imide groups is 1. The van der Waals surface area contributed by atoms with Crippen molar-refractivity contribution in [1.82, 2.24) is 5.32 Å². The highest BCUT2D eigenvalue weighted by Gasteiger charge is 2.14. The molecule has 0 saturated heterocycles. The second-order valence-electron chi connectivity index (χ2n) is 2.64. The highest BCUT2D eigenvalue weighted by molar-refractivity contribution is 6.41. The zero-order valence-electron chi connectivity index (χ0n) is 7.69. The molecule has 0 saturated carbocycles. The molecule has 4 N–H and O–H groups in total. The monoisotopic (exact) mass is 207 g/mol. The number of carbonyl (C=O) groups is 3. The van der Waals surface area contributed by atoms with E-state index in [0.29, 0.717) is 5.69 Å². The number of rotatable bonds is 1. The van der Waals surface area contributed by atoms with E-state index in [1.54, 1.807) is 35.6 Å². The lowest BCUT2D eigenvalue weighted by Crippen LogP contribution is -2.41. The molecule has 0 atom stereocenters. The largest absolute Gasteiger partial charge is 0.351 e. The van der Waals surface area contributed by atoms with E-state index in [2.05, 4.69) is 11.1 Å². The number of benzene rings is 1. The third kappa shape index (κ3) is 3.47. The normalized spacial score (nSPS) is 9.07. The van der Waals surface area contributed by atoms with E-state index in [1.165, 1.54) is 0 Å². The number of hydrogen-bond donors (Lipinski definition) is 3. The van der Waals surface area contributed by atoms with Crippen LogP contribution in [0.3, 0.4) is 0 Å². The Labute approximate surface area is 85.5 Å². The topological polar surface area (TPSA) is 101 Å². The van der Waals surface area contributed by atoms with Crippen LogP contribution in [-0.4, -0.2) is 17.8 Å². The maximum absolute atomic E-state index is 11.1. The van der Waals surface area contributed by atoms with Crippen LogP contribution in [0.1, 0.15) is 0 Å². The Morgan fingerprint density at radius 1 is 1.00 bits per heavy atom. The molecule has 0 heterocycles. The fraction of sp³-hybridized carbons (Fsp3) is 0. The molecule has 0 spiro atoms. The van der Waals surface area contributed by atoms with Crippen LogP contribution in [0.4, 0.5) is 10.5 Å². The highest BCUT2D eigenvalue weighted by atomic mass is 16.2. The van der Waals surface area contributed by atoms with Gasteiger partial charge in [0.2, 0.25) is 0 Å². The number of carbonyl (C=O) groups excluding carboxylic acids is 3. The van der Waals surface area contributed by atoms with Crippen molar-refractivity contribution in [2.45, 2.75) is 0 Å². The van der Waals surface area contributed by atoms with E-state index < -0.39 is 17.8 Å². The predicted octanol–water partition coefficient (Wildman–Crippen LogP) is -0.180. The Balaban J connectivity index is 2.56. The minimum Gasteiger partial charge on any atom is -0.351 e. The fourth-order valence-corrected chi connectivity index (χ4v) is 0.878. The number of urea groups is 1. The molecule has 6 heteroatoms. The molecule has 0 aliphatic rings. The smallest absolute Gasteiger partial charge is 0.319 e. The van der Waals surface area contributed by atoms with Crippen molar-refractivity contribution >= 4 is 23.5 Å². The van der Waals surface area contributed by atoms with E-state index in [4.69, 9.17) is 0 Å². The van der Waals surface area contributed by atoms with Gasteiger partial charge in [0.1, 0.15) is 0 Å². The lowest BCUT2D eigenvalue weighted by Gasteiger charge is -2.03. The number of amides is 4. The number of para-hydroxylation sites is 1. The van der Waals surface area contributed by atoms with Crippen LogP contribution in [0.15, 0.2) is 30.3 Å². The quantitative estimate of drug-likeness (QED) is 0.556. The number of anilines is 1. The van der Waals surface area contributed by atoms with Gasteiger partial charge in [-0.05, 0) is 12.1 Å². The molecule has 0 bridgehead atoms. The van der Waals surface area contributed by atoms with E-state index in [0.717, 1.165) is 0 Å². The zero-order valence-corrected chi connectivity index (χ0v) is 7.69. The first-order valence-corrected chi connectivity index (χ1v) is 4.06. The van der Waals surface area contributed by atoms with Crippen molar-refractivity contribution in [3.8, 4) is 0 Å². The molecule has 6 nitrogen and oxygen atoms in total. The first-order valence-electron chi connectivity index (χ1n) is 4.06. The molecule has 1 aromatic carbocycles. The van der Waals surface area contributed by atoms with Crippen molar-refractivity contribution < 1.29 is 14.4 Å². The van der Waals surface area contributed by atoms with Crippen LogP contribution in [0, 0.1) is 0 Å². The third-order valence-electron chi connectivity index (χ3n) is 1.47. The summed E-state index contributed by atoms with van der Waals surface area (Å²) >= 11 is 0. The van der Waals surface area contributed by atoms with E-state index in [1.807, 2.05) is 0 Å². The van der Waals surface area contributed by atoms with Gasteiger partial charge in [0, 0.05) is 5.69 Å². The van der Waals surface area contributed by atoms with Crippen LogP contribution in [0.25, 0.3) is 0 Å². The van der Waals surface area contributed by atoms with E-state index >= 15 is 0 Å². The van der Waals surface area contributed by atoms with Gasteiger partial charge in [0.25, 0.3) is 0 Å². The third-order valence-corrected chi connectivity index (χ3v) is 1.47. The Morgan fingerprint density at radius 3 is 2.13 bits per heavy atom. The molecule has 15 heavy (non-hydrogen) atoms. The number of nitrogens with one attached hydrogen (secondary N) is 2. The lowest BCUT2D eigenvalue weighted by atomic mass is 10.3. The Bertz CT molecular complexity index is 389. The number of primary amides is 1. The Morgan fingerprint density at radius 2 is 1.60 bits per heavy atom. The predicted molar refractivity (Wildman–Crippen MR) is 52.8 cm³/mol. The maximum Gasteiger partial charge on any atom is 0.319 e. The molecule has 1 aromatic rings. The molecular formula is C9H9N3O3. The van der Waals surface area contributed by atoms with Gasteiger partial charge in [0.05, 0.1) is 0 Å². The average Bonchev–Trinajstić information content (AvgIpc) is 2.18. The van der Waals surface area contributed by atoms with Crippen molar-refractivity contribution in [3.05, 3.63) is 30.3 Å². The summed E-state index contributed by atoms with van der Waals surface area (Å²) in [5.74, 6) is -2.04. The second-order valence-corrected chi connectivity index (χ2v) is 2.64. The van der Waals surface area contributed by atoms with Gasteiger partial charge >= 0.3 is 17.8 Å². The van der Waals surface area contributed by atoms with Gasteiger partial charge in [-0.1, -0.05) is 18.2 Å². The Kier molecular flexibility index (Phi) is 3.39. The minimum atomic E-state index is -1.09. The van der Waals surface area contributed by atoms with E-state index in [-0.39, 0.29) is 0 Å². The SMILES string of the molecule is NC(=O)NC(=O)C(=O)Nc1ccccc1. The summed E-state index contributed by atoms with van der Waals surface area (Å²) in [6.45, 7) is 0. The molecule has 0 aromatic heterocycles.